The lowest BCUT2D eigenvalue weighted by Crippen LogP contribution is -2.23. The quantitative estimate of drug-likeness (QED) is 0.791. The normalized spacial score (nSPS) is 10.2. The van der Waals surface area contributed by atoms with Crippen molar-refractivity contribution in [3.8, 4) is 11.1 Å². The zero-order valence-electron chi connectivity index (χ0n) is 9.24. The molecule has 3 heteroatoms. The molecule has 0 bridgehead atoms. The van der Waals surface area contributed by atoms with Crippen LogP contribution in [0.1, 0.15) is 15.9 Å². The average molecular weight is 229 g/mol. The highest BCUT2D eigenvalue weighted by atomic mass is 19.1. The monoisotopic (exact) mass is 229 g/mol. The number of aromatic carboxylic acids is 1. The highest BCUT2D eigenvalue weighted by Gasteiger charge is 2.06. The van der Waals surface area contributed by atoms with Crippen LogP contribution in [-0.4, -0.2) is 5.97 Å². The number of hydrogen-bond donors (Lipinski definition) is 0. The van der Waals surface area contributed by atoms with Crippen LogP contribution in [0.4, 0.5) is 4.39 Å². The molecule has 17 heavy (non-hydrogen) atoms. The first-order valence-corrected chi connectivity index (χ1v) is 5.16. The van der Waals surface area contributed by atoms with E-state index in [9.17, 15) is 14.3 Å². The molecule has 0 unspecified atom stereocenters. The van der Waals surface area contributed by atoms with Gasteiger partial charge in [-0.1, -0.05) is 35.9 Å². The SMILES string of the molecule is Cc1cccc(-c2ccc(F)c(C(=O)[O-])c2)c1. The van der Waals surface area contributed by atoms with Gasteiger partial charge in [0.1, 0.15) is 5.82 Å². The van der Waals surface area contributed by atoms with Crippen LogP contribution in [0, 0.1) is 12.7 Å². The Morgan fingerprint density at radius 1 is 1.12 bits per heavy atom. The van der Waals surface area contributed by atoms with Crippen LogP contribution in [0.5, 0.6) is 0 Å². The van der Waals surface area contributed by atoms with Gasteiger partial charge in [-0.15, -0.1) is 0 Å². The van der Waals surface area contributed by atoms with Crippen LogP contribution < -0.4 is 5.11 Å². The third-order valence-corrected chi connectivity index (χ3v) is 2.54. The standard InChI is InChI=1S/C14H11FO2/c1-9-3-2-4-10(7-9)11-5-6-13(15)12(8-11)14(16)17/h2-8H,1H3,(H,16,17)/p-1. The van der Waals surface area contributed by atoms with E-state index in [0.717, 1.165) is 17.2 Å². The molecule has 0 atom stereocenters. The third-order valence-electron chi connectivity index (χ3n) is 2.54. The van der Waals surface area contributed by atoms with E-state index >= 15 is 0 Å². The van der Waals surface area contributed by atoms with E-state index in [4.69, 9.17) is 0 Å². The predicted molar refractivity (Wildman–Crippen MR) is 60.9 cm³/mol. The maximum atomic E-state index is 13.2. The number of aryl methyl sites for hydroxylation is 1. The molecule has 2 aromatic carbocycles. The first-order valence-electron chi connectivity index (χ1n) is 5.16. The van der Waals surface area contributed by atoms with Crippen molar-refractivity contribution in [3.05, 3.63) is 59.4 Å². The van der Waals surface area contributed by atoms with Crippen molar-refractivity contribution < 1.29 is 14.3 Å². The summed E-state index contributed by atoms with van der Waals surface area (Å²) in [5, 5.41) is 10.7. The molecule has 0 radical (unpaired) electrons. The van der Waals surface area contributed by atoms with Crippen molar-refractivity contribution >= 4 is 5.97 Å². The molecule has 2 rings (SSSR count). The molecule has 0 fully saturated rings. The minimum Gasteiger partial charge on any atom is -0.545 e. The average Bonchev–Trinajstić information content (AvgIpc) is 2.29. The van der Waals surface area contributed by atoms with E-state index in [2.05, 4.69) is 0 Å². The molecule has 0 heterocycles. The fourth-order valence-electron chi connectivity index (χ4n) is 1.69. The first kappa shape index (κ1) is 11.3. The Balaban J connectivity index is 2.54. The number of rotatable bonds is 2. The van der Waals surface area contributed by atoms with E-state index in [1.54, 1.807) is 6.07 Å². The van der Waals surface area contributed by atoms with Gasteiger partial charge in [-0.3, -0.25) is 0 Å². The fourth-order valence-corrected chi connectivity index (χ4v) is 1.69. The van der Waals surface area contributed by atoms with Crippen LogP contribution in [0.2, 0.25) is 0 Å². The molecule has 0 saturated carbocycles. The van der Waals surface area contributed by atoms with Gasteiger partial charge in [0.25, 0.3) is 0 Å². The summed E-state index contributed by atoms with van der Waals surface area (Å²) < 4.78 is 13.2. The second-order valence-electron chi connectivity index (χ2n) is 3.85. The Morgan fingerprint density at radius 2 is 1.82 bits per heavy atom. The summed E-state index contributed by atoms with van der Waals surface area (Å²) in [4.78, 5) is 10.7. The van der Waals surface area contributed by atoms with Gasteiger partial charge in [0, 0.05) is 5.56 Å². The Labute approximate surface area is 98.3 Å². The topological polar surface area (TPSA) is 40.1 Å². The molecule has 0 aliphatic carbocycles. The molecule has 0 saturated heterocycles. The summed E-state index contributed by atoms with van der Waals surface area (Å²) in [6, 6.07) is 11.5. The Hall–Kier alpha value is -2.16. The molecule has 86 valence electrons. The van der Waals surface area contributed by atoms with Crippen LogP contribution >= 0.6 is 0 Å². The Bertz CT molecular complexity index is 576. The second kappa shape index (κ2) is 4.37. The lowest BCUT2D eigenvalue weighted by molar-refractivity contribution is -0.255. The van der Waals surface area contributed by atoms with E-state index in [1.165, 1.54) is 6.07 Å². The van der Waals surface area contributed by atoms with Crippen LogP contribution in [0.15, 0.2) is 42.5 Å². The lowest BCUT2D eigenvalue weighted by atomic mass is 10.0. The van der Waals surface area contributed by atoms with Gasteiger partial charge >= 0.3 is 0 Å². The van der Waals surface area contributed by atoms with Crippen molar-refractivity contribution in [2.75, 3.05) is 0 Å². The zero-order chi connectivity index (χ0) is 12.4. The van der Waals surface area contributed by atoms with Crippen LogP contribution in [0.25, 0.3) is 11.1 Å². The van der Waals surface area contributed by atoms with Crippen LogP contribution in [-0.2, 0) is 0 Å². The molecule has 2 aromatic rings. The highest BCUT2D eigenvalue weighted by Crippen LogP contribution is 2.22. The maximum absolute atomic E-state index is 13.2. The van der Waals surface area contributed by atoms with Crippen molar-refractivity contribution in [1.29, 1.82) is 0 Å². The van der Waals surface area contributed by atoms with Crippen molar-refractivity contribution in [3.63, 3.8) is 0 Å². The smallest absolute Gasteiger partial charge is 0.132 e. The molecular formula is C14H10FO2-. The molecule has 0 N–H and O–H groups in total. The number of hydrogen-bond acceptors (Lipinski definition) is 2. The summed E-state index contributed by atoms with van der Waals surface area (Å²) in [5.74, 6) is -2.28. The first-order chi connectivity index (χ1) is 8.08. The molecule has 0 amide bonds. The minimum atomic E-state index is -1.50. The van der Waals surface area contributed by atoms with Gasteiger partial charge in [-0.05, 0) is 30.2 Å². The summed E-state index contributed by atoms with van der Waals surface area (Å²) in [6.07, 6.45) is 0. The summed E-state index contributed by atoms with van der Waals surface area (Å²) >= 11 is 0. The van der Waals surface area contributed by atoms with Crippen LogP contribution in [0.3, 0.4) is 0 Å². The number of halogens is 1. The summed E-state index contributed by atoms with van der Waals surface area (Å²) in [6.45, 7) is 1.94. The molecular weight excluding hydrogens is 219 g/mol. The van der Waals surface area contributed by atoms with Gasteiger partial charge in [0.2, 0.25) is 0 Å². The molecule has 0 spiro atoms. The third kappa shape index (κ3) is 2.33. The molecule has 0 aromatic heterocycles. The van der Waals surface area contributed by atoms with E-state index < -0.39 is 17.3 Å². The van der Waals surface area contributed by atoms with Gasteiger partial charge < -0.3 is 9.90 Å². The highest BCUT2D eigenvalue weighted by molar-refractivity contribution is 5.88. The van der Waals surface area contributed by atoms with E-state index in [0.29, 0.717) is 5.56 Å². The van der Waals surface area contributed by atoms with Crippen molar-refractivity contribution in [2.45, 2.75) is 6.92 Å². The molecule has 0 aliphatic rings. The predicted octanol–water partition coefficient (Wildman–Crippen LogP) is 2.16. The van der Waals surface area contributed by atoms with Gasteiger partial charge in [-0.25, -0.2) is 4.39 Å². The maximum Gasteiger partial charge on any atom is 0.132 e. The lowest BCUT2D eigenvalue weighted by Gasteiger charge is -2.08. The zero-order valence-corrected chi connectivity index (χ0v) is 9.24. The Kier molecular flexibility index (Phi) is 2.91. The van der Waals surface area contributed by atoms with E-state index in [-0.39, 0.29) is 0 Å². The van der Waals surface area contributed by atoms with Gasteiger partial charge in [0.05, 0.1) is 5.97 Å². The second-order valence-corrected chi connectivity index (χ2v) is 3.85. The van der Waals surface area contributed by atoms with Crippen molar-refractivity contribution in [1.82, 2.24) is 0 Å². The Morgan fingerprint density at radius 3 is 2.47 bits per heavy atom. The number of benzene rings is 2. The molecule has 0 aliphatic heterocycles. The van der Waals surface area contributed by atoms with E-state index in [1.807, 2.05) is 31.2 Å². The summed E-state index contributed by atoms with van der Waals surface area (Å²) in [5.41, 5.74) is 2.16. The molecule has 2 nitrogen and oxygen atoms in total. The fraction of sp³-hybridized carbons (Fsp3) is 0.0714. The number of carboxylic acids is 1. The van der Waals surface area contributed by atoms with Gasteiger partial charge in [0.15, 0.2) is 0 Å². The van der Waals surface area contributed by atoms with Gasteiger partial charge in [-0.2, -0.15) is 0 Å². The largest absolute Gasteiger partial charge is 0.545 e. The number of carbonyl (C=O) groups excluding carboxylic acids is 1. The van der Waals surface area contributed by atoms with Crippen molar-refractivity contribution in [2.24, 2.45) is 0 Å². The minimum absolute atomic E-state index is 0.413. The number of carbonyl (C=O) groups is 1. The number of carboxylic acid groups (broad SMARTS) is 1. The summed E-state index contributed by atoms with van der Waals surface area (Å²) in [7, 11) is 0.